The molecule has 0 fully saturated rings. The summed E-state index contributed by atoms with van der Waals surface area (Å²) in [7, 11) is 1.87. The first kappa shape index (κ1) is 12.1. The van der Waals surface area contributed by atoms with Gasteiger partial charge in [-0.05, 0) is 39.8 Å². The summed E-state index contributed by atoms with van der Waals surface area (Å²) in [6.45, 7) is 0. The lowest BCUT2D eigenvalue weighted by Gasteiger charge is -2.08. The van der Waals surface area contributed by atoms with Crippen LogP contribution in [0.5, 0.6) is 0 Å². The monoisotopic (exact) mass is 311 g/mol. The molecule has 17 heavy (non-hydrogen) atoms. The summed E-state index contributed by atoms with van der Waals surface area (Å²) in [5.41, 5.74) is 6.26. The van der Waals surface area contributed by atoms with Crippen molar-refractivity contribution in [2.75, 3.05) is 0 Å². The number of rotatable bonds is 3. The molecule has 0 atom stereocenters. The minimum Gasteiger partial charge on any atom is -0.384 e. The van der Waals surface area contributed by atoms with Gasteiger partial charge in [-0.15, -0.1) is 10.2 Å². The summed E-state index contributed by atoms with van der Waals surface area (Å²) in [6, 6.07) is 5.66. The summed E-state index contributed by atoms with van der Waals surface area (Å²) >= 11 is 4.82. The lowest BCUT2D eigenvalue weighted by atomic mass is 10.2. The summed E-state index contributed by atoms with van der Waals surface area (Å²) in [5.74, 6) is 0.0298. The molecule has 1 aromatic carbocycles. The lowest BCUT2D eigenvalue weighted by Crippen LogP contribution is -2.13. The van der Waals surface area contributed by atoms with Gasteiger partial charge in [-0.3, -0.25) is 5.41 Å². The molecule has 0 radical (unpaired) electrons. The highest BCUT2D eigenvalue weighted by Gasteiger charge is 2.12. The molecule has 2 rings (SSSR count). The zero-order valence-corrected chi connectivity index (χ0v) is 11.4. The second-order valence-corrected chi connectivity index (χ2v) is 5.22. The van der Waals surface area contributed by atoms with E-state index in [1.54, 1.807) is 6.33 Å². The minimum absolute atomic E-state index is 0.0298. The largest absolute Gasteiger partial charge is 0.384 e. The molecule has 0 spiro atoms. The van der Waals surface area contributed by atoms with Gasteiger partial charge in [0.25, 0.3) is 0 Å². The van der Waals surface area contributed by atoms with E-state index in [1.807, 2.05) is 29.8 Å². The van der Waals surface area contributed by atoms with Crippen molar-refractivity contribution in [3.63, 3.8) is 0 Å². The number of nitrogens with zero attached hydrogens (tertiary/aromatic N) is 3. The van der Waals surface area contributed by atoms with Gasteiger partial charge >= 0.3 is 0 Å². The number of aryl methyl sites for hydroxylation is 1. The highest BCUT2D eigenvalue weighted by Crippen LogP contribution is 2.32. The third-order valence-electron chi connectivity index (χ3n) is 2.12. The number of aromatic nitrogens is 3. The van der Waals surface area contributed by atoms with Crippen LogP contribution >= 0.6 is 27.7 Å². The van der Waals surface area contributed by atoms with Crippen LogP contribution in [0.3, 0.4) is 0 Å². The molecule has 7 heteroatoms. The Morgan fingerprint density at radius 2 is 2.29 bits per heavy atom. The maximum absolute atomic E-state index is 7.59. The van der Waals surface area contributed by atoms with E-state index in [0.717, 1.165) is 14.5 Å². The van der Waals surface area contributed by atoms with E-state index in [-0.39, 0.29) is 5.84 Å². The maximum atomic E-state index is 7.59. The predicted octanol–water partition coefficient (Wildman–Crippen LogP) is 2.01. The molecule has 88 valence electrons. The van der Waals surface area contributed by atoms with Crippen molar-refractivity contribution in [3.05, 3.63) is 34.6 Å². The molecule has 0 aliphatic rings. The Labute approximate surface area is 111 Å². The Kier molecular flexibility index (Phi) is 3.49. The number of nitrogens with two attached hydrogens (primary N) is 1. The molecule has 0 aliphatic heterocycles. The number of halogens is 1. The van der Waals surface area contributed by atoms with Crippen molar-refractivity contribution >= 4 is 33.5 Å². The summed E-state index contributed by atoms with van der Waals surface area (Å²) in [4.78, 5) is 0.878. The number of nitrogen functional groups attached to an aromatic ring is 1. The van der Waals surface area contributed by atoms with Gasteiger partial charge in [0.1, 0.15) is 12.2 Å². The molecule has 2 aromatic rings. The first-order valence-electron chi connectivity index (χ1n) is 4.74. The third-order valence-corrected chi connectivity index (χ3v) is 3.89. The van der Waals surface area contributed by atoms with Gasteiger partial charge in [0, 0.05) is 22.0 Å². The van der Waals surface area contributed by atoms with E-state index in [4.69, 9.17) is 11.1 Å². The molecule has 1 heterocycles. The van der Waals surface area contributed by atoms with Gasteiger partial charge in [-0.2, -0.15) is 0 Å². The van der Waals surface area contributed by atoms with Crippen LogP contribution in [0.15, 0.2) is 39.1 Å². The topological polar surface area (TPSA) is 80.6 Å². The second-order valence-electron chi connectivity index (χ2n) is 3.35. The van der Waals surface area contributed by atoms with Crippen molar-refractivity contribution < 1.29 is 0 Å². The standard InChI is InChI=1S/C10H10BrN5S/c1-16-5-14-15-10(16)17-7-4-2-3-6(11)8(7)9(12)13/h2-5H,1H3,(H3,12,13). The zero-order chi connectivity index (χ0) is 12.4. The quantitative estimate of drug-likeness (QED) is 0.671. The molecule has 0 bridgehead atoms. The molecule has 0 aliphatic carbocycles. The van der Waals surface area contributed by atoms with Crippen LogP contribution in [-0.2, 0) is 7.05 Å². The molecule has 0 saturated heterocycles. The van der Waals surface area contributed by atoms with E-state index in [2.05, 4.69) is 26.1 Å². The zero-order valence-electron chi connectivity index (χ0n) is 9.01. The smallest absolute Gasteiger partial charge is 0.195 e. The van der Waals surface area contributed by atoms with Crippen molar-refractivity contribution in [2.24, 2.45) is 12.8 Å². The highest BCUT2D eigenvalue weighted by molar-refractivity contribution is 9.10. The van der Waals surface area contributed by atoms with Gasteiger partial charge in [-0.1, -0.05) is 6.07 Å². The summed E-state index contributed by atoms with van der Waals surface area (Å²) < 4.78 is 2.62. The van der Waals surface area contributed by atoms with Gasteiger partial charge in [-0.25, -0.2) is 0 Å². The number of amidine groups is 1. The van der Waals surface area contributed by atoms with E-state index < -0.39 is 0 Å². The second kappa shape index (κ2) is 4.89. The Morgan fingerprint density at radius 3 is 2.88 bits per heavy atom. The number of nitrogens with one attached hydrogen (secondary N) is 1. The van der Waals surface area contributed by atoms with E-state index >= 15 is 0 Å². The Balaban J connectivity index is 2.43. The molecular formula is C10H10BrN5S. The predicted molar refractivity (Wildman–Crippen MR) is 70.3 cm³/mol. The van der Waals surface area contributed by atoms with E-state index in [1.165, 1.54) is 11.8 Å². The lowest BCUT2D eigenvalue weighted by molar-refractivity contribution is 0.788. The van der Waals surface area contributed by atoms with Crippen LogP contribution < -0.4 is 5.73 Å². The summed E-state index contributed by atoms with van der Waals surface area (Å²) in [6.07, 6.45) is 1.63. The molecule has 0 saturated carbocycles. The Hall–Kier alpha value is -1.34. The van der Waals surface area contributed by atoms with E-state index in [9.17, 15) is 0 Å². The van der Waals surface area contributed by atoms with Crippen molar-refractivity contribution in [2.45, 2.75) is 10.1 Å². The number of benzene rings is 1. The van der Waals surface area contributed by atoms with Gasteiger partial charge in [0.15, 0.2) is 5.16 Å². The summed E-state index contributed by atoms with van der Waals surface area (Å²) in [5, 5.41) is 16.1. The van der Waals surface area contributed by atoms with Gasteiger partial charge < -0.3 is 10.3 Å². The first-order valence-corrected chi connectivity index (χ1v) is 6.35. The van der Waals surface area contributed by atoms with Crippen LogP contribution in [0.1, 0.15) is 5.56 Å². The van der Waals surface area contributed by atoms with Crippen molar-refractivity contribution in [3.8, 4) is 0 Å². The average Bonchev–Trinajstić information content (AvgIpc) is 2.64. The van der Waals surface area contributed by atoms with Crippen molar-refractivity contribution in [1.82, 2.24) is 14.8 Å². The molecule has 3 N–H and O–H groups in total. The maximum Gasteiger partial charge on any atom is 0.195 e. The average molecular weight is 312 g/mol. The van der Waals surface area contributed by atoms with Crippen LogP contribution in [-0.4, -0.2) is 20.6 Å². The van der Waals surface area contributed by atoms with Gasteiger partial charge in [0.05, 0.1) is 0 Å². The SMILES string of the molecule is Cn1cnnc1Sc1cccc(Br)c1C(=N)N. The van der Waals surface area contributed by atoms with Crippen LogP contribution in [0.25, 0.3) is 0 Å². The minimum atomic E-state index is 0.0298. The van der Waals surface area contributed by atoms with Crippen LogP contribution in [0.4, 0.5) is 0 Å². The fraction of sp³-hybridized carbons (Fsp3) is 0.100. The normalized spacial score (nSPS) is 10.5. The molecule has 5 nitrogen and oxygen atoms in total. The van der Waals surface area contributed by atoms with Crippen LogP contribution in [0, 0.1) is 5.41 Å². The molecule has 0 amide bonds. The first-order chi connectivity index (χ1) is 8.09. The fourth-order valence-corrected chi connectivity index (χ4v) is 2.97. The van der Waals surface area contributed by atoms with Gasteiger partial charge in [0.2, 0.25) is 0 Å². The molecule has 1 aromatic heterocycles. The van der Waals surface area contributed by atoms with E-state index in [0.29, 0.717) is 5.56 Å². The fourth-order valence-electron chi connectivity index (χ4n) is 1.31. The number of hydrogen-bond donors (Lipinski definition) is 2. The molecular weight excluding hydrogens is 302 g/mol. The number of hydrogen-bond acceptors (Lipinski definition) is 4. The Morgan fingerprint density at radius 1 is 1.53 bits per heavy atom. The highest BCUT2D eigenvalue weighted by atomic mass is 79.9. The third kappa shape index (κ3) is 2.50. The molecule has 0 unspecified atom stereocenters. The Bertz CT molecular complexity index is 566. The van der Waals surface area contributed by atoms with Crippen LogP contribution in [0.2, 0.25) is 0 Å². The van der Waals surface area contributed by atoms with Crippen molar-refractivity contribution in [1.29, 1.82) is 5.41 Å².